The Bertz CT molecular complexity index is 592. The molecule has 2 rings (SSSR count). The molecule has 0 amide bonds. The van der Waals surface area contributed by atoms with Gasteiger partial charge < -0.3 is 4.43 Å². The first kappa shape index (κ1) is 14.5. The van der Waals surface area contributed by atoms with Crippen molar-refractivity contribution in [2.45, 2.75) is 26.1 Å². The molecule has 0 aliphatic heterocycles. The van der Waals surface area contributed by atoms with Crippen LogP contribution in [-0.4, -0.2) is 25.0 Å². The van der Waals surface area contributed by atoms with E-state index in [0.29, 0.717) is 0 Å². The lowest BCUT2D eigenvalue weighted by Gasteiger charge is -2.16. The molecule has 0 saturated carbocycles. The molecule has 4 nitrogen and oxygen atoms in total. The zero-order chi connectivity index (χ0) is 14.5. The van der Waals surface area contributed by atoms with Gasteiger partial charge >= 0.3 is 0 Å². The molecule has 1 aromatic heterocycles. The monoisotopic (exact) mass is 287 g/mol. The van der Waals surface area contributed by atoms with Gasteiger partial charge in [0.15, 0.2) is 0 Å². The minimum atomic E-state index is -1.11. The number of benzene rings is 1. The molecule has 0 aliphatic carbocycles. The predicted molar refractivity (Wildman–Crippen MR) is 85.2 cm³/mol. The molecule has 0 fully saturated rings. The van der Waals surface area contributed by atoms with Gasteiger partial charge in [0.2, 0.25) is 9.04 Å². The van der Waals surface area contributed by atoms with Gasteiger partial charge in [-0.2, -0.15) is 5.10 Å². The number of para-hydroxylation sites is 1. The zero-order valence-electron chi connectivity index (χ0n) is 12.4. The second-order valence-electron chi connectivity index (χ2n) is 5.11. The Balaban J connectivity index is 2.16. The van der Waals surface area contributed by atoms with Gasteiger partial charge in [-0.05, 0) is 26.1 Å². The fourth-order valence-corrected chi connectivity index (χ4v) is 2.69. The number of aryl methyl sites for hydroxylation is 1. The molecule has 5 heteroatoms. The number of hydrogen-bond donors (Lipinski definition) is 0. The summed E-state index contributed by atoms with van der Waals surface area (Å²) in [7, 11) is 0.792. The van der Waals surface area contributed by atoms with E-state index < -0.39 is 9.04 Å². The van der Waals surface area contributed by atoms with Crippen LogP contribution in [0.15, 0.2) is 41.7 Å². The molecule has 1 unspecified atom stereocenters. The quantitative estimate of drug-likeness (QED) is 0.626. The van der Waals surface area contributed by atoms with Gasteiger partial charge in [0.05, 0.1) is 12.2 Å². The number of hydrogen-bond acceptors (Lipinski definition) is 3. The first-order chi connectivity index (χ1) is 9.56. The molecule has 0 radical (unpaired) electrons. The standard InChI is InChI=1S/C15H21N3OSi/c1-12(16-9-13-10-17-18(2)11-13)14-7-5-6-8-15(14)19-20(3)4/h5-12,20H,1-4H3. The predicted octanol–water partition coefficient (Wildman–Crippen LogP) is 2.96. The van der Waals surface area contributed by atoms with E-state index >= 15 is 0 Å². The van der Waals surface area contributed by atoms with Crippen LogP contribution in [0.4, 0.5) is 0 Å². The molecule has 1 heterocycles. The van der Waals surface area contributed by atoms with Crippen LogP contribution in [-0.2, 0) is 7.05 Å². The van der Waals surface area contributed by atoms with Crippen molar-refractivity contribution in [2.75, 3.05) is 0 Å². The summed E-state index contributed by atoms with van der Waals surface area (Å²) in [5.41, 5.74) is 2.14. The summed E-state index contributed by atoms with van der Waals surface area (Å²) in [6.07, 6.45) is 5.61. The van der Waals surface area contributed by atoms with Gasteiger partial charge in [0.1, 0.15) is 5.75 Å². The smallest absolute Gasteiger partial charge is 0.229 e. The van der Waals surface area contributed by atoms with Crippen LogP contribution >= 0.6 is 0 Å². The lowest BCUT2D eigenvalue weighted by molar-refractivity contribution is 0.564. The zero-order valence-corrected chi connectivity index (χ0v) is 13.6. The Morgan fingerprint density at radius 3 is 2.75 bits per heavy atom. The van der Waals surface area contributed by atoms with Gasteiger partial charge in [-0.25, -0.2) is 0 Å². The summed E-state index contributed by atoms with van der Waals surface area (Å²) in [5.74, 6) is 0.963. The van der Waals surface area contributed by atoms with Gasteiger partial charge in [0.25, 0.3) is 0 Å². The third-order valence-electron chi connectivity index (χ3n) is 2.90. The fraction of sp³-hybridized carbons (Fsp3) is 0.333. The summed E-state index contributed by atoms with van der Waals surface area (Å²) in [5, 5.41) is 4.13. The summed E-state index contributed by atoms with van der Waals surface area (Å²) in [6, 6.07) is 8.21. The molecule has 1 aromatic carbocycles. The van der Waals surface area contributed by atoms with E-state index in [9.17, 15) is 0 Å². The Kier molecular flexibility index (Phi) is 4.73. The third kappa shape index (κ3) is 3.80. The fourth-order valence-electron chi connectivity index (χ4n) is 1.97. The number of rotatable bonds is 5. The molecule has 0 spiro atoms. The molecule has 0 saturated heterocycles. The minimum absolute atomic E-state index is 0.0687. The average molecular weight is 287 g/mol. The van der Waals surface area contributed by atoms with E-state index in [-0.39, 0.29) is 6.04 Å². The number of aromatic nitrogens is 2. The molecule has 0 aliphatic rings. The second-order valence-corrected chi connectivity index (χ2v) is 7.44. The van der Waals surface area contributed by atoms with E-state index in [1.165, 1.54) is 0 Å². The lowest BCUT2D eigenvalue weighted by atomic mass is 10.1. The van der Waals surface area contributed by atoms with Crippen molar-refractivity contribution in [3.05, 3.63) is 47.8 Å². The third-order valence-corrected chi connectivity index (χ3v) is 3.63. The van der Waals surface area contributed by atoms with Crippen LogP contribution in [0.5, 0.6) is 5.75 Å². The van der Waals surface area contributed by atoms with Crippen molar-refractivity contribution in [1.29, 1.82) is 0 Å². The van der Waals surface area contributed by atoms with Gasteiger partial charge in [0, 0.05) is 30.6 Å². The second kappa shape index (κ2) is 6.52. The highest BCUT2D eigenvalue weighted by Crippen LogP contribution is 2.27. The van der Waals surface area contributed by atoms with Crippen LogP contribution in [0.2, 0.25) is 13.1 Å². The van der Waals surface area contributed by atoms with Gasteiger partial charge in [-0.3, -0.25) is 9.67 Å². The first-order valence-electron chi connectivity index (χ1n) is 6.83. The molecule has 1 atom stereocenters. The van der Waals surface area contributed by atoms with Crippen LogP contribution in [0.25, 0.3) is 0 Å². The van der Waals surface area contributed by atoms with Crippen molar-refractivity contribution in [3.8, 4) is 5.75 Å². The topological polar surface area (TPSA) is 39.4 Å². The summed E-state index contributed by atoms with van der Waals surface area (Å²) < 4.78 is 7.74. The van der Waals surface area contributed by atoms with E-state index in [0.717, 1.165) is 16.9 Å². The summed E-state index contributed by atoms with van der Waals surface area (Å²) in [4.78, 5) is 4.60. The highest BCUT2D eigenvalue weighted by atomic mass is 28.3. The first-order valence-corrected chi connectivity index (χ1v) is 9.61. The Morgan fingerprint density at radius 2 is 2.10 bits per heavy atom. The number of aliphatic imine (C=N–C) groups is 1. The maximum absolute atomic E-state index is 5.97. The molecule has 0 bridgehead atoms. The normalized spacial score (nSPS) is 13.1. The molecule has 0 N–H and O–H groups in total. The van der Waals surface area contributed by atoms with E-state index in [1.54, 1.807) is 10.9 Å². The van der Waals surface area contributed by atoms with E-state index in [2.05, 4.69) is 36.2 Å². The highest BCUT2D eigenvalue weighted by molar-refractivity contribution is 6.49. The SMILES string of the molecule is CC(N=Cc1cnn(C)c1)c1ccccc1O[SiH](C)C. The maximum atomic E-state index is 5.97. The van der Waals surface area contributed by atoms with Crippen LogP contribution in [0.3, 0.4) is 0 Å². The van der Waals surface area contributed by atoms with Crippen molar-refractivity contribution >= 4 is 15.3 Å². The van der Waals surface area contributed by atoms with Gasteiger partial charge in [-0.1, -0.05) is 18.2 Å². The van der Waals surface area contributed by atoms with Crippen LogP contribution < -0.4 is 4.43 Å². The molecule has 2 aromatic rings. The number of nitrogens with zero attached hydrogens (tertiary/aromatic N) is 3. The Morgan fingerprint density at radius 1 is 1.35 bits per heavy atom. The Hall–Kier alpha value is -1.88. The molecule has 20 heavy (non-hydrogen) atoms. The van der Waals surface area contributed by atoms with E-state index in [4.69, 9.17) is 4.43 Å². The summed E-state index contributed by atoms with van der Waals surface area (Å²) >= 11 is 0. The Labute approximate surface area is 121 Å². The van der Waals surface area contributed by atoms with Crippen LogP contribution in [0.1, 0.15) is 24.1 Å². The largest absolute Gasteiger partial charge is 0.547 e. The average Bonchev–Trinajstić information content (AvgIpc) is 2.82. The highest BCUT2D eigenvalue weighted by Gasteiger charge is 2.10. The van der Waals surface area contributed by atoms with Gasteiger partial charge in [-0.15, -0.1) is 0 Å². The van der Waals surface area contributed by atoms with Crippen molar-refractivity contribution < 1.29 is 4.43 Å². The minimum Gasteiger partial charge on any atom is -0.547 e. The maximum Gasteiger partial charge on any atom is 0.229 e. The van der Waals surface area contributed by atoms with Crippen molar-refractivity contribution in [3.63, 3.8) is 0 Å². The lowest BCUT2D eigenvalue weighted by Crippen LogP contribution is -2.13. The summed E-state index contributed by atoms with van der Waals surface area (Å²) in [6.45, 7) is 6.41. The van der Waals surface area contributed by atoms with Crippen LogP contribution in [0, 0.1) is 0 Å². The molecule has 106 valence electrons. The van der Waals surface area contributed by atoms with E-state index in [1.807, 2.05) is 37.7 Å². The van der Waals surface area contributed by atoms with Crippen molar-refractivity contribution in [1.82, 2.24) is 9.78 Å². The van der Waals surface area contributed by atoms with Crippen molar-refractivity contribution in [2.24, 2.45) is 12.0 Å². The molecular weight excluding hydrogens is 266 g/mol. The molecular formula is C15H21N3OSi.